The Morgan fingerprint density at radius 1 is 0.792 bits per heavy atom. The Balaban J connectivity index is 1.91. The molecule has 0 aromatic heterocycles. The second-order valence-corrected chi connectivity index (χ2v) is 8.72. The number of rotatable bonds is 14. The maximum absolute atomic E-state index is 10.4. The Morgan fingerprint density at radius 3 is 1.67 bits per heavy atom. The number of aliphatic hydroxyl groups is 1. The Morgan fingerprint density at radius 2 is 1.25 bits per heavy atom. The van der Waals surface area contributed by atoms with Crippen LogP contribution in [-0.2, 0) is 4.74 Å². The van der Waals surface area contributed by atoms with Gasteiger partial charge in [-0.1, -0.05) is 84.0 Å². The van der Waals surface area contributed by atoms with Gasteiger partial charge in [-0.2, -0.15) is 0 Å². The van der Waals surface area contributed by atoms with E-state index in [1.165, 1.54) is 77.0 Å². The summed E-state index contributed by atoms with van der Waals surface area (Å²) in [6.07, 6.45) is 17.3. The highest BCUT2D eigenvalue weighted by Gasteiger charge is 2.43. The predicted octanol–water partition coefficient (Wildman–Crippen LogP) is 4.91. The molecule has 0 bridgehead atoms. The van der Waals surface area contributed by atoms with Gasteiger partial charge in [0.2, 0.25) is 0 Å². The summed E-state index contributed by atoms with van der Waals surface area (Å²) >= 11 is 0. The van der Waals surface area contributed by atoms with E-state index < -0.39 is 0 Å². The largest absolute Gasteiger partial charge is 0.384 e. The van der Waals surface area contributed by atoms with Crippen LogP contribution in [0.2, 0.25) is 0 Å². The van der Waals surface area contributed by atoms with Crippen LogP contribution < -0.4 is 0 Å². The van der Waals surface area contributed by atoms with Crippen molar-refractivity contribution < 1.29 is 14.3 Å². The van der Waals surface area contributed by atoms with E-state index in [4.69, 9.17) is 4.74 Å². The fourth-order valence-corrected chi connectivity index (χ4v) is 3.79. The van der Waals surface area contributed by atoms with E-state index in [1.54, 1.807) is 0 Å². The molecule has 0 spiro atoms. The van der Waals surface area contributed by atoms with Crippen molar-refractivity contribution in [1.82, 2.24) is 0 Å². The second kappa shape index (κ2) is 12.3. The summed E-state index contributed by atoms with van der Waals surface area (Å²) in [4.78, 5) is 0. The summed E-state index contributed by atoms with van der Waals surface area (Å²) in [6, 6.07) is 0.229. The quantitative estimate of drug-likeness (QED) is 0.359. The molecule has 3 heteroatoms. The maximum Gasteiger partial charge on any atom is 0.141 e. The highest BCUT2D eigenvalue weighted by Crippen LogP contribution is 2.25. The predicted molar refractivity (Wildman–Crippen MR) is 103 cm³/mol. The highest BCUT2D eigenvalue weighted by atomic mass is 16.5. The minimum Gasteiger partial charge on any atom is -0.384 e. The molecule has 0 aliphatic carbocycles. The Bertz CT molecular complexity index is 301. The minimum atomic E-state index is -0.294. The Hall–Kier alpha value is -0.120. The van der Waals surface area contributed by atoms with Gasteiger partial charge in [0.25, 0.3) is 0 Å². The molecule has 0 radical (unpaired) electrons. The Labute approximate surface area is 151 Å². The number of unbranched alkanes of at least 4 members (excludes halogenated alkanes) is 11. The van der Waals surface area contributed by atoms with Crippen LogP contribution in [0.1, 0.15) is 90.4 Å². The molecule has 1 aliphatic heterocycles. The Kier molecular flexibility index (Phi) is 11.2. The number of quaternary nitrogens is 1. The van der Waals surface area contributed by atoms with Gasteiger partial charge in [-0.15, -0.1) is 0 Å². The number of hydrogen-bond acceptors (Lipinski definition) is 2. The summed E-state index contributed by atoms with van der Waals surface area (Å²) < 4.78 is 6.63. The summed E-state index contributed by atoms with van der Waals surface area (Å²) in [6.45, 7) is 2.98. The van der Waals surface area contributed by atoms with E-state index in [2.05, 4.69) is 28.1 Å². The molecule has 3 nitrogen and oxygen atoms in total. The number of nitrogens with zero attached hydrogens (tertiary/aromatic N) is 1. The molecular formula is C21H44NO2+. The van der Waals surface area contributed by atoms with Gasteiger partial charge in [-0.25, -0.2) is 0 Å². The molecule has 0 aromatic rings. The van der Waals surface area contributed by atoms with Gasteiger partial charge < -0.3 is 14.3 Å². The van der Waals surface area contributed by atoms with Crippen molar-refractivity contribution in [2.24, 2.45) is 0 Å². The smallest absolute Gasteiger partial charge is 0.141 e. The van der Waals surface area contributed by atoms with Crippen LogP contribution >= 0.6 is 0 Å². The van der Waals surface area contributed by atoms with Crippen molar-refractivity contribution in [3.05, 3.63) is 0 Å². The lowest BCUT2D eigenvalue weighted by Crippen LogP contribution is -2.52. The molecule has 1 rings (SSSR count). The molecule has 1 heterocycles. The molecule has 0 aromatic carbocycles. The van der Waals surface area contributed by atoms with Gasteiger partial charge in [-0.05, 0) is 6.42 Å². The normalized spacial score (nSPS) is 24.6. The zero-order chi connectivity index (χ0) is 17.8. The highest BCUT2D eigenvalue weighted by molar-refractivity contribution is 4.84. The molecule has 144 valence electrons. The zero-order valence-electron chi connectivity index (χ0n) is 16.9. The minimum absolute atomic E-state index is 0.0653. The van der Waals surface area contributed by atoms with Crippen LogP contribution in [0.5, 0.6) is 0 Å². The average Bonchev–Trinajstić information content (AvgIpc) is 2.89. The lowest BCUT2D eigenvalue weighted by Gasteiger charge is -2.32. The first kappa shape index (κ1) is 21.9. The van der Waals surface area contributed by atoms with Crippen molar-refractivity contribution in [3.8, 4) is 0 Å². The molecule has 24 heavy (non-hydrogen) atoms. The van der Waals surface area contributed by atoms with Crippen molar-refractivity contribution in [2.45, 2.75) is 109 Å². The molecule has 0 saturated carbocycles. The van der Waals surface area contributed by atoms with Gasteiger partial charge in [0.15, 0.2) is 0 Å². The number of ether oxygens (including phenoxy) is 1. The molecule has 1 aliphatic rings. The van der Waals surface area contributed by atoms with Crippen LogP contribution in [-0.4, -0.2) is 55.6 Å². The van der Waals surface area contributed by atoms with Gasteiger partial charge in [0, 0.05) is 0 Å². The van der Waals surface area contributed by atoms with Crippen LogP contribution in [0.15, 0.2) is 0 Å². The first-order chi connectivity index (χ1) is 11.5. The van der Waals surface area contributed by atoms with E-state index in [9.17, 15) is 5.11 Å². The molecular weight excluding hydrogens is 298 g/mol. The molecule has 1 fully saturated rings. The van der Waals surface area contributed by atoms with E-state index in [1.807, 2.05) is 0 Å². The van der Waals surface area contributed by atoms with Gasteiger partial charge in [0.1, 0.15) is 18.8 Å². The lowest BCUT2D eigenvalue weighted by atomic mass is 10.0. The summed E-state index contributed by atoms with van der Waals surface area (Å²) in [7, 11) is 6.43. The number of likely N-dealkylation sites (N-methyl/N-ethyl adjacent to an activating group) is 1. The SMILES string of the molecule is CCCCCCCCCCCCCC[C@@H]1OC[C@@H]([N+](C)(C)C)[C@H]1O. The number of hydrogen-bond donors (Lipinski definition) is 1. The first-order valence-electron chi connectivity index (χ1n) is 10.6. The van der Waals surface area contributed by atoms with Crippen molar-refractivity contribution >= 4 is 0 Å². The van der Waals surface area contributed by atoms with Crippen molar-refractivity contribution in [3.63, 3.8) is 0 Å². The summed E-state index contributed by atoms with van der Waals surface area (Å²) in [5.41, 5.74) is 0. The fourth-order valence-electron chi connectivity index (χ4n) is 3.79. The van der Waals surface area contributed by atoms with Crippen LogP contribution in [0, 0.1) is 0 Å². The van der Waals surface area contributed by atoms with Crippen LogP contribution in [0.3, 0.4) is 0 Å². The third kappa shape index (κ3) is 8.82. The van der Waals surface area contributed by atoms with E-state index >= 15 is 0 Å². The number of aliphatic hydroxyl groups excluding tert-OH is 1. The third-order valence-corrected chi connectivity index (χ3v) is 5.59. The van der Waals surface area contributed by atoms with E-state index in [0.717, 1.165) is 10.9 Å². The summed E-state index contributed by atoms with van der Waals surface area (Å²) in [5, 5.41) is 10.4. The van der Waals surface area contributed by atoms with E-state index in [-0.39, 0.29) is 18.2 Å². The lowest BCUT2D eigenvalue weighted by molar-refractivity contribution is -0.897. The van der Waals surface area contributed by atoms with Gasteiger partial charge >= 0.3 is 0 Å². The van der Waals surface area contributed by atoms with Gasteiger partial charge in [-0.3, -0.25) is 0 Å². The maximum atomic E-state index is 10.4. The summed E-state index contributed by atoms with van der Waals surface area (Å²) in [5.74, 6) is 0. The molecule has 0 amide bonds. The second-order valence-electron chi connectivity index (χ2n) is 8.72. The van der Waals surface area contributed by atoms with Gasteiger partial charge in [0.05, 0.1) is 27.2 Å². The van der Waals surface area contributed by atoms with Crippen molar-refractivity contribution in [1.29, 1.82) is 0 Å². The van der Waals surface area contributed by atoms with Crippen LogP contribution in [0.25, 0.3) is 0 Å². The standard InChI is InChI=1S/C21H44NO2/c1-5-6-7-8-9-10-11-12-13-14-15-16-17-20-21(23)19(18-24-20)22(2,3)4/h19-21,23H,5-18H2,1-4H3/q+1/t19-,20+,21-/m1/s1. The average molecular weight is 343 g/mol. The first-order valence-corrected chi connectivity index (χ1v) is 10.6. The topological polar surface area (TPSA) is 29.5 Å². The molecule has 1 N–H and O–H groups in total. The van der Waals surface area contributed by atoms with E-state index in [0.29, 0.717) is 6.61 Å². The molecule has 3 atom stereocenters. The zero-order valence-corrected chi connectivity index (χ0v) is 16.9. The molecule has 0 unspecified atom stereocenters. The van der Waals surface area contributed by atoms with Crippen molar-refractivity contribution in [2.75, 3.05) is 27.7 Å². The third-order valence-electron chi connectivity index (χ3n) is 5.59. The fraction of sp³-hybridized carbons (Fsp3) is 1.00. The molecule has 1 saturated heterocycles. The van der Waals surface area contributed by atoms with Crippen LogP contribution in [0.4, 0.5) is 0 Å². The monoisotopic (exact) mass is 342 g/mol.